The zero-order chi connectivity index (χ0) is 21.1. The lowest BCUT2D eigenvalue weighted by Gasteiger charge is -2.13. The van der Waals surface area contributed by atoms with Gasteiger partial charge in [0.05, 0.1) is 15.1 Å². The van der Waals surface area contributed by atoms with Crippen LogP contribution in [0.1, 0.15) is 13.8 Å². The van der Waals surface area contributed by atoms with E-state index in [1.807, 2.05) is 0 Å². The van der Waals surface area contributed by atoms with E-state index in [1.165, 1.54) is 40.6 Å². The van der Waals surface area contributed by atoms with E-state index >= 15 is 0 Å². The highest BCUT2D eigenvalue weighted by Crippen LogP contribution is 2.39. The Morgan fingerprint density at radius 1 is 1.18 bits per heavy atom. The number of halogens is 3. The number of rotatable bonds is 6. The third-order valence-corrected chi connectivity index (χ3v) is 8.03. The lowest BCUT2D eigenvalue weighted by Crippen LogP contribution is -2.22. The molecule has 0 aliphatic rings. The van der Waals surface area contributed by atoms with E-state index in [1.54, 1.807) is 20.1 Å². The van der Waals surface area contributed by atoms with Gasteiger partial charge in [-0.15, -0.1) is 36.3 Å². The van der Waals surface area contributed by atoms with E-state index in [0.29, 0.717) is 4.21 Å². The molecule has 1 aromatic heterocycles. The standard InChI is InChI=1S/C16H17F3N2O4S3/c1-9(2)28(23,24)13-12(8-27-14(13)26-3)21-15(22)20-10-4-6-11(7-5-10)25-16(17,18)19/h4-9H,1-3H3,(H2,20,21,22). The summed E-state index contributed by atoms with van der Waals surface area (Å²) >= 11 is 2.45. The van der Waals surface area contributed by atoms with Crippen molar-refractivity contribution in [2.45, 2.75) is 34.6 Å². The summed E-state index contributed by atoms with van der Waals surface area (Å²) in [6, 6.07) is 3.83. The maximum atomic E-state index is 12.6. The topological polar surface area (TPSA) is 84.5 Å². The number of thioether (sulfide) groups is 1. The summed E-state index contributed by atoms with van der Waals surface area (Å²) in [6.45, 7) is 3.09. The van der Waals surface area contributed by atoms with Crippen LogP contribution in [0.5, 0.6) is 5.75 Å². The first kappa shape index (κ1) is 22.4. The zero-order valence-corrected chi connectivity index (χ0v) is 17.4. The van der Waals surface area contributed by atoms with Gasteiger partial charge in [-0.3, -0.25) is 0 Å². The van der Waals surface area contributed by atoms with Gasteiger partial charge in [0.1, 0.15) is 10.6 Å². The molecule has 0 aliphatic carbocycles. The highest BCUT2D eigenvalue weighted by atomic mass is 32.2. The summed E-state index contributed by atoms with van der Waals surface area (Å²) in [6.07, 6.45) is -3.07. The number of thiophene rings is 1. The minimum Gasteiger partial charge on any atom is -0.406 e. The number of hydrogen-bond acceptors (Lipinski definition) is 6. The predicted molar refractivity (Wildman–Crippen MR) is 104 cm³/mol. The molecule has 0 bridgehead atoms. The first-order chi connectivity index (χ1) is 12.9. The molecule has 0 spiro atoms. The van der Waals surface area contributed by atoms with Crippen molar-refractivity contribution in [2.75, 3.05) is 16.9 Å². The molecule has 0 saturated carbocycles. The number of anilines is 2. The van der Waals surface area contributed by atoms with Crippen molar-refractivity contribution in [2.24, 2.45) is 0 Å². The van der Waals surface area contributed by atoms with Crippen LogP contribution < -0.4 is 15.4 Å². The van der Waals surface area contributed by atoms with E-state index in [9.17, 15) is 26.4 Å². The average molecular weight is 455 g/mol. The Hall–Kier alpha value is -1.92. The summed E-state index contributed by atoms with van der Waals surface area (Å²) < 4.78 is 66.0. The van der Waals surface area contributed by atoms with Crippen LogP contribution in [0.2, 0.25) is 0 Å². The zero-order valence-electron chi connectivity index (χ0n) is 15.0. The molecular weight excluding hydrogens is 437 g/mol. The van der Waals surface area contributed by atoms with Crippen molar-refractivity contribution in [3.63, 3.8) is 0 Å². The summed E-state index contributed by atoms with van der Waals surface area (Å²) in [7, 11) is -3.62. The van der Waals surface area contributed by atoms with Gasteiger partial charge in [-0.05, 0) is 44.4 Å². The number of urea groups is 1. The van der Waals surface area contributed by atoms with Gasteiger partial charge in [-0.2, -0.15) is 0 Å². The molecule has 12 heteroatoms. The Kier molecular flexibility index (Phi) is 6.88. The fourth-order valence-electron chi connectivity index (χ4n) is 2.09. The first-order valence-electron chi connectivity index (χ1n) is 7.77. The predicted octanol–water partition coefficient (Wildman–Crippen LogP) is 5.19. The fourth-order valence-corrected chi connectivity index (χ4v) is 5.82. The quantitative estimate of drug-likeness (QED) is 0.587. The first-order valence-corrected chi connectivity index (χ1v) is 11.4. The second-order valence-corrected chi connectivity index (χ2v) is 10.1. The molecule has 2 rings (SSSR count). The highest BCUT2D eigenvalue weighted by molar-refractivity contribution is 8.01. The number of carbonyl (C=O) groups excluding carboxylic acids is 1. The van der Waals surface area contributed by atoms with Crippen molar-refractivity contribution in [1.82, 2.24) is 0 Å². The summed E-state index contributed by atoms with van der Waals surface area (Å²) in [4.78, 5) is 12.3. The van der Waals surface area contributed by atoms with Crippen LogP contribution in [-0.2, 0) is 9.84 Å². The van der Waals surface area contributed by atoms with Crippen LogP contribution in [0.15, 0.2) is 38.8 Å². The monoisotopic (exact) mass is 454 g/mol. The number of sulfone groups is 1. The van der Waals surface area contributed by atoms with Crippen LogP contribution >= 0.6 is 23.1 Å². The molecule has 1 heterocycles. The van der Waals surface area contributed by atoms with Gasteiger partial charge in [-0.1, -0.05) is 0 Å². The Morgan fingerprint density at radius 2 is 1.79 bits per heavy atom. The SMILES string of the molecule is CSc1scc(NC(=O)Nc2ccc(OC(F)(F)F)cc2)c1S(=O)(=O)C(C)C. The number of hydrogen-bond donors (Lipinski definition) is 2. The maximum Gasteiger partial charge on any atom is 0.573 e. The van der Waals surface area contributed by atoms with E-state index in [-0.39, 0.29) is 16.3 Å². The molecule has 0 atom stereocenters. The van der Waals surface area contributed by atoms with Gasteiger partial charge >= 0.3 is 12.4 Å². The van der Waals surface area contributed by atoms with Gasteiger partial charge in [0, 0.05) is 11.1 Å². The Balaban J connectivity index is 2.15. The van der Waals surface area contributed by atoms with Gasteiger partial charge in [0.2, 0.25) is 0 Å². The molecule has 28 heavy (non-hydrogen) atoms. The van der Waals surface area contributed by atoms with Crippen molar-refractivity contribution in [3.8, 4) is 5.75 Å². The molecule has 0 unspecified atom stereocenters. The lowest BCUT2D eigenvalue weighted by atomic mass is 10.3. The molecule has 0 radical (unpaired) electrons. The molecule has 2 N–H and O–H groups in total. The van der Waals surface area contributed by atoms with Crippen molar-refractivity contribution in [1.29, 1.82) is 0 Å². The highest BCUT2D eigenvalue weighted by Gasteiger charge is 2.31. The number of nitrogens with one attached hydrogen (secondary N) is 2. The number of carbonyl (C=O) groups is 1. The second kappa shape index (κ2) is 8.62. The van der Waals surface area contributed by atoms with E-state index in [0.717, 1.165) is 12.1 Å². The maximum absolute atomic E-state index is 12.6. The van der Waals surface area contributed by atoms with Crippen molar-refractivity contribution < 1.29 is 31.1 Å². The molecule has 0 saturated heterocycles. The van der Waals surface area contributed by atoms with E-state index in [2.05, 4.69) is 15.4 Å². The molecule has 0 fully saturated rings. The van der Waals surface area contributed by atoms with Gasteiger partial charge < -0.3 is 15.4 Å². The number of benzene rings is 1. The molecular formula is C16H17F3N2O4S3. The minimum atomic E-state index is -4.81. The molecule has 2 amide bonds. The fraction of sp³-hybridized carbons (Fsp3) is 0.312. The molecule has 154 valence electrons. The summed E-state index contributed by atoms with van der Waals surface area (Å²) in [5.74, 6) is -0.425. The number of amides is 2. The van der Waals surface area contributed by atoms with E-state index < -0.39 is 33.2 Å². The third kappa shape index (κ3) is 5.55. The van der Waals surface area contributed by atoms with Crippen LogP contribution in [0.4, 0.5) is 29.3 Å². The molecule has 2 aromatic rings. The van der Waals surface area contributed by atoms with Crippen molar-refractivity contribution in [3.05, 3.63) is 29.6 Å². The van der Waals surface area contributed by atoms with Crippen LogP contribution in [0, 0.1) is 0 Å². The van der Waals surface area contributed by atoms with Crippen LogP contribution in [0.25, 0.3) is 0 Å². The normalized spacial score (nSPS) is 12.1. The molecule has 0 aliphatic heterocycles. The number of ether oxygens (including phenoxy) is 1. The lowest BCUT2D eigenvalue weighted by molar-refractivity contribution is -0.274. The molecule has 1 aromatic carbocycles. The smallest absolute Gasteiger partial charge is 0.406 e. The average Bonchev–Trinajstić information content (AvgIpc) is 2.98. The Bertz CT molecular complexity index is 939. The van der Waals surface area contributed by atoms with Gasteiger partial charge in [0.25, 0.3) is 0 Å². The Morgan fingerprint density at radius 3 is 2.29 bits per heavy atom. The van der Waals surface area contributed by atoms with E-state index in [4.69, 9.17) is 0 Å². The van der Waals surface area contributed by atoms with Crippen LogP contribution in [0.3, 0.4) is 0 Å². The summed E-state index contributed by atoms with van der Waals surface area (Å²) in [5, 5.41) is 5.78. The number of alkyl halides is 3. The third-order valence-electron chi connectivity index (χ3n) is 3.40. The van der Waals surface area contributed by atoms with Crippen LogP contribution in [-0.4, -0.2) is 32.3 Å². The van der Waals surface area contributed by atoms with Crippen molar-refractivity contribution >= 4 is 50.3 Å². The Labute approximate surface area is 168 Å². The van der Waals surface area contributed by atoms with Gasteiger partial charge in [-0.25, -0.2) is 13.2 Å². The minimum absolute atomic E-state index is 0.0593. The largest absolute Gasteiger partial charge is 0.573 e. The van der Waals surface area contributed by atoms with Gasteiger partial charge in [0.15, 0.2) is 9.84 Å². The molecule has 6 nitrogen and oxygen atoms in total. The summed E-state index contributed by atoms with van der Waals surface area (Å²) in [5.41, 5.74) is 0.359. The second-order valence-electron chi connectivity index (χ2n) is 5.72.